The van der Waals surface area contributed by atoms with Crippen LogP contribution in [-0.4, -0.2) is 33.4 Å². The van der Waals surface area contributed by atoms with Crippen LogP contribution in [0.3, 0.4) is 0 Å². The lowest BCUT2D eigenvalue weighted by atomic mass is 10.3. The number of anilines is 1. The van der Waals surface area contributed by atoms with Gasteiger partial charge in [0.1, 0.15) is 17.3 Å². The van der Waals surface area contributed by atoms with E-state index in [0.717, 1.165) is 0 Å². The third kappa shape index (κ3) is 4.38. The summed E-state index contributed by atoms with van der Waals surface area (Å²) in [5.74, 6) is 0.534. The van der Waals surface area contributed by atoms with E-state index in [9.17, 15) is 8.42 Å². The first-order valence-electron chi connectivity index (χ1n) is 4.88. The Kier molecular flexibility index (Phi) is 4.74. The normalized spacial score (nSPS) is 10.8. The minimum absolute atomic E-state index is 0.0997. The summed E-state index contributed by atoms with van der Waals surface area (Å²) in [5, 5.41) is 0. The van der Waals surface area contributed by atoms with E-state index in [0.29, 0.717) is 17.2 Å². The van der Waals surface area contributed by atoms with Crippen LogP contribution in [0.1, 0.15) is 0 Å². The van der Waals surface area contributed by atoms with E-state index in [4.69, 9.17) is 15.2 Å². The molecular formula is C10H14N2O4S2. The Labute approximate surface area is 111 Å². The molecule has 0 aliphatic rings. The topological polar surface area (TPSA) is 90.7 Å². The minimum atomic E-state index is -3.61. The molecule has 0 aliphatic heterocycles. The highest BCUT2D eigenvalue weighted by Crippen LogP contribution is 2.26. The Bertz CT molecular complexity index is 521. The van der Waals surface area contributed by atoms with E-state index in [1.54, 1.807) is 6.07 Å². The highest BCUT2D eigenvalue weighted by Gasteiger charge is 2.13. The van der Waals surface area contributed by atoms with Crippen molar-refractivity contribution in [1.82, 2.24) is 0 Å². The van der Waals surface area contributed by atoms with Crippen molar-refractivity contribution in [2.24, 2.45) is 5.73 Å². The second-order valence-corrected chi connectivity index (χ2v) is 5.68. The maximum atomic E-state index is 11.6. The van der Waals surface area contributed by atoms with Gasteiger partial charge in [-0.2, -0.15) is 0 Å². The van der Waals surface area contributed by atoms with Gasteiger partial charge in [-0.05, 0) is 0 Å². The highest BCUT2D eigenvalue weighted by molar-refractivity contribution is 7.95. The SMILES string of the molecule is COc1cc(NS(=O)(=O)CC(N)=S)cc(OC)c1. The van der Waals surface area contributed by atoms with Gasteiger partial charge in [-0.25, -0.2) is 8.42 Å². The average Bonchev–Trinajstić information content (AvgIpc) is 2.25. The summed E-state index contributed by atoms with van der Waals surface area (Å²) >= 11 is 4.57. The van der Waals surface area contributed by atoms with Gasteiger partial charge in [0, 0.05) is 18.2 Å². The zero-order chi connectivity index (χ0) is 13.8. The number of thiocarbonyl (C=S) groups is 1. The second kappa shape index (κ2) is 5.87. The van der Waals surface area contributed by atoms with Crippen molar-refractivity contribution in [2.75, 3.05) is 24.7 Å². The third-order valence-corrected chi connectivity index (χ3v) is 3.52. The van der Waals surface area contributed by atoms with Crippen LogP contribution in [0.2, 0.25) is 0 Å². The Morgan fingerprint density at radius 3 is 2.17 bits per heavy atom. The van der Waals surface area contributed by atoms with E-state index < -0.39 is 15.8 Å². The minimum Gasteiger partial charge on any atom is -0.497 e. The molecule has 3 N–H and O–H groups in total. The van der Waals surface area contributed by atoms with Gasteiger partial charge in [-0.3, -0.25) is 4.72 Å². The fourth-order valence-corrected chi connectivity index (χ4v) is 2.66. The number of nitrogens with one attached hydrogen (secondary N) is 1. The van der Waals surface area contributed by atoms with E-state index in [-0.39, 0.29) is 4.99 Å². The molecule has 6 nitrogen and oxygen atoms in total. The van der Waals surface area contributed by atoms with Crippen molar-refractivity contribution >= 4 is 32.9 Å². The molecule has 1 rings (SSSR count). The van der Waals surface area contributed by atoms with Crippen LogP contribution in [-0.2, 0) is 10.0 Å². The molecule has 0 aromatic heterocycles. The van der Waals surface area contributed by atoms with Crippen LogP contribution in [0.4, 0.5) is 5.69 Å². The van der Waals surface area contributed by atoms with Gasteiger partial charge in [0.2, 0.25) is 10.0 Å². The Hall–Kier alpha value is -1.54. The largest absolute Gasteiger partial charge is 0.497 e. The van der Waals surface area contributed by atoms with Crippen LogP contribution < -0.4 is 19.9 Å². The molecule has 8 heteroatoms. The summed E-state index contributed by atoms with van der Waals surface area (Å²) in [6, 6.07) is 4.69. The first kappa shape index (κ1) is 14.5. The van der Waals surface area contributed by atoms with Crippen LogP contribution in [0, 0.1) is 0 Å². The van der Waals surface area contributed by atoms with E-state index >= 15 is 0 Å². The van der Waals surface area contributed by atoms with E-state index in [2.05, 4.69) is 16.9 Å². The summed E-state index contributed by atoms with van der Waals surface area (Å²) in [6.07, 6.45) is 0. The lowest BCUT2D eigenvalue weighted by Crippen LogP contribution is -2.26. The summed E-state index contributed by atoms with van der Waals surface area (Å²) < 4.78 is 35.7. The quantitative estimate of drug-likeness (QED) is 0.751. The van der Waals surface area contributed by atoms with Gasteiger partial charge < -0.3 is 15.2 Å². The molecule has 0 heterocycles. The first-order valence-corrected chi connectivity index (χ1v) is 6.94. The van der Waals surface area contributed by atoms with Gasteiger partial charge in [-0.1, -0.05) is 12.2 Å². The number of sulfonamides is 1. The molecule has 1 aromatic rings. The van der Waals surface area contributed by atoms with Gasteiger partial charge in [0.25, 0.3) is 0 Å². The van der Waals surface area contributed by atoms with Gasteiger partial charge in [0.05, 0.1) is 24.9 Å². The molecular weight excluding hydrogens is 276 g/mol. The van der Waals surface area contributed by atoms with Crippen LogP contribution >= 0.6 is 12.2 Å². The fraction of sp³-hybridized carbons (Fsp3) is 0.300. The molecule has 0 aliphatic carbocycles. The zero-order valence-electron chi connectivity index (χ0n) is 9.97. The molecule has 100 valence electrons. The van der Waals surface area contributed by atoms with Gasteiger partial charge in [-0.15, -0.1) is 0 Å². The lowest BCUT2D eigenvalue weighted by molar-refractivity contribution is 0.395. The van der Waals surface area contributed by atoms with Crippen LogP contribution in [0.5, 0.6) is 11.5 Å². The number of methoxy groups -OCH3 is 2. The second-order valence-electron chi connectivity index (χ2n) is 3.43. The maximum absolute atomic E-state index is 11.6. The molecule has 0 radical (unpaired) electrons. The van der Waals surface area contributed by atoms with Crippen molar-refractivity contribution in [3.8, 4) is 11.5 Å². The molecule has 0 spiro atoms. The smallest absolute Gasteiger partial charge is 0.239 e. The van der Waals surface area contributed by atoms with E-state index in [1.807, 2.05) is 0 Å². The Morgan fingerprint density at radius 1 is 1.28 bits per heavy atom. The first-order chi connectivity index (χ1) is 8.36. The molecule has 0 saturated carbocycles. The van der Waals surface area contributed by atoms with Crippen LogP contribution in [0.15, 0.2) is 18.2 Å². The summed E-state index contributed by atoms with van der Waals surface area (Å²) in [5.41, 5.74) is 5.53. The van der Waals surface area contributed by atoms with Crippen molar-refractivity contribution in [3.63, 3.8) is 0 Å². The maximum Gasteiger partial charge on any atom is 0.239 e. The molecule has 18 heavy (non-hydrogen) atoms. The number of hydrogen-bond donors (Lipinski definition) is 2. The number of benzene rings is 1. The predicted octanol–water partition coefficient (Wildman–Crippen LogP) is 0.732. The van der Waals surface area contributed by atoms with Gasteiger partial charge in [0.15, 0.2) is 0 Å². The van der Waals surface area contributed by atoms with Gasteiger partial charge >= 0.3 is 0 Å². The average molecular weight is 290 g/mol. The Balaban J connectivity index is 3.00. The summed E-state index contributed by atoms with van der Waals surface area (Å²) in [4.78, 5) is -0.0997. The standard InChI is InChI=1S/C10H14N2O4S2/c1-15-8-3-7(4-9(5-8)16-2)12-18(13,14)6-10(11)17/h3-5,12H,6H2,1-2H3,(H2,11,17). The van der Waals surface area contributed by atoms with Crippen molar-refractivity contribution in [1.29, 1.82) is 0 Å². The number of nitrogens with two attached hydrogens (primary N) is 1. The molecule has 0 saturated heterocycles. The predicted molar refractivity (Wildman–Crippen MR) is 73.7 cm³/mol. The molecule has 1 aromatic carbocycles. The fourth-order valence-electron chi connectivity index (χ4n) is 1.27. The molecule has 0 amide bonds. The van der Waals surface area contributed by atoms with E-state index in [1.165, 1.54) is 26.4 Å². The number of rotatable bonds is 6. The number of hydrogen-bond acceptors (Lipinski definition) is 5. The summed E-state index contributed by atoms with van der Waals surface area (Å²) in [6.45, 7) is 0. The van der Waals surface area contributed by atoms with Crippen molar-refractivity contribution in [3.05, 3.63) is 18.2 Å². The Morgan fingerprint density at radius 2 is 1.78 bits per heavy atom. The highest BCUT2D eigenvalue weighted by atomic mass is 32.2. The molecule has 0 unspecified atom stereocenters. The molecule has 0 fully saturated rings. The third-order valence-electron chi connectivity index (χ3n) is 1.96. The summed E-state index contributed by atoms with van der Waals surface area (Å²) in [7, 11) is -0.663. The van der Waals surface area contributed by atoms with Crippen molar-refractivity contribution < 1.29 is 17.9 Å². The zero-order valence-corrected chi connectivity index (χ0v) is 11.6. The van der Waals surface area contributed by atoms with Crippen molar-refractivity contribution in [2.45, 2.75) is 0 Å². The molecule has 0 bridgehead atoms. The lowest BCUT2D eigenvalue weighted by Gasteiger charge is -2.10. The monoisotopic (exact) mass is 290 g/mol. The number of ether oxygens (including phenoxy) is 2. The van der Waals surface area contributed by atoms with Crippen LogP contribution in [0.25, 0.3) is 0 Å². The molecule has 0 atom stereocenters.